The van der Waals surface area contributed by atoms with E-state index >= 15 is 0 Å². The van der Waals surface area contributed by atoms with Gasteiger partial charge in [-0.2, -0.15) is 5.10 Å². The largest absolute Gasteiger partial charge is 0.386 e. The minimum absolute atomic E-state index is 0.207. The van der Waals surface area contributed by atoms with Crippen LogP contribution in [0, 0.1) is 0 Å². The Bertz CT molecular complexity index is 744. The highest BCUT2D eigenvalue weighted by atomic mass is 32.1. The number of benzene rings is 1. The van der Waals surface area contributed by atoms with Gasteiger partial charge in [-0.15, -0.1) is 11.3 Å². The summed E-state index contributed by atoms with van der Waals surface area (Å²) in [6.07, 6.45) is 2.42. The first-order chi connectivity index (χ1) is 11.7. The normalized spacial score (nSPS) is 11.9. The van der Waals surface area contributed by atoms with E-state index in [0.29, 0.717) is 12.2 Å². The van der Waals surface area contributed by atoms with Crippen molar-refractivity contribution in [3.63, 3.8) is 0 Å². The molecule has 2 heterocycles. The van der Waals surface area contributed by atoms with E-state index in [0.717, 1.165) is 10.4 Å². The van der Waals surface area contributed by atoms with Gasteiger partial charge in [-0.25, -0.2) is 4.79 Å². The van der Waals surface area contributed by atoms with E-state index in [1.807, 2.05) is 47.8 Å². The molecule has 7 heteroatoms. The Balaban J connectivity index is 1.73. The number of carbonyl (C=O) groups is 1. The molecule has 0 saturated heterocycles. The number of aliphatic hydroxyl groups excluding tert-OH is 1. The number of nitrogens with one attached hydrogen (secondary N) is 2. The molecule has 0 radical (unpaired) electrons. The van der Waals surface area contributed by atoms with Crippen LogP contribution in [0.2, 0.25) is 0 Å². The number of anilines is 1. The second kappa shape index (κ2) is 7.76. The molecule has 0 spiro atoms. The molecule has 3 N–H and O–H groups in total. The van der Waals surface area contributed by atoms with Gasteiger partial charge in [0.25, 0.3) is 0 Å². The van der Waals surface area contributed by atoms with Crippen LogP contribution < -0.4 is 5.32 Å². The summed E-state index contributed by atoms with van der Waals surface area (Å²) < 4.78 is 0. The summed E-state index contributed by atoms with van der Waals surface area (Å²) in [5, 5.41) is 21.6. The number of aliphatic hydroxyl groups is 1. The van der Waals surface area contributed by atoms with Gasteiger partial charge in [0.05, 0.1) is 18.4 Å². The van der Waals surface area contributed by atoms with E-state index in [4.69, 9.17) is 0 Å². The highest BCUT2D eigenvalue weighted by molar-refractivity contribution is 7.10. The Labute approximate surface area is 143 Å². The van der Waals surface area contributed by atoms with Gasteiger partial charge in [0, 0.05) is 17.6 Å². The molecule has 6 nitrogen and oxygen atoms in total. The van der Waals surface area contributed by atoms with Crippen LogP contribution in [0.5, 0.6) is 0 Å². The Hall–Kier alpha value is -2.64. The summed E-state index contributed by atoms with van der Waals surface area (Å²) in [7, 11) is 0. The van der Waals surface area contributed by atoms with E-state index in [1.165, 1.54) is 17.5 Å². The number of amides is 2. The summed E-state index contributed by atoms with van der Waals surface area (Å²) in [4.78, 5) is 15.0. The number of aromatic nitrogens is 2. The Morgan fingerprint density at radius 3 is 2.79 bits per heavy atom. The van der Waals surface area contributed by atoms with E-state index in [2.05, 4.69) is 15.5 Å². The first kappa shape index (κ1) is 16.2. The molecule has 1 aromatic carbocycles. The summed E-state index contributed by atoms with van der Waals surface area (Å²) in [6.45, 7) is 0.617. The van der Waals surface area contributed by atoms with Crippen molar-refractivity contribution in [2.75, 3.05) is 11.9 Å². The second-order valence-corrected chi connectivity index (χ2v) is 6.29. The molecule has 24 heavy (non-hydrogen) atoms. The van der Waals surface area contributed by atoms with Gasteiger partial charge >= 0.3 is 6.03 Å². The Morgan fingerprint density at radius 1 is 1.29 bits per heavy atom. The highest BCUT2D eigenvalue weighted by Crippen LogP contribution is 2.21. The SMILES string of the molecule is O=C(Nc1cn[nH]c1)N(Cc1ccccc1)C[C@@H](O)c1cccs1. The summed E-state index contributed by atoms with van der Waals surface area (Å²) in [5.74, 6) is 0. The van der Waals surface area contributed by atoms with Crippen molar-refractivity contribution >= 4 is 23.1 Å². The molecule has 0 aliphatic heterocycles. The van der Waals surface area contributed by atoms with Crippen LogP contribution in [0.25, 0.3) is 0 Å². The maximum absolute atomic E-state index is 12.6. The lowest BCUT2D eigenvalue weighted by Crippen LogP contribution is -2.37. The smallest absolute Gasteiger partial charge is 0.322 e. The van der Waals surface area contributed by atoms with E-state index < -0.39 is 6.10 Å². The molecule has 3 aromatic rings. The fourth-order valence-electron chi connectivity index (χ4n) is 2.32. The average Bonchev–Trinajstić information content (AvgIpc) is 3.29. The monoisotopic (exact) mass is 342 g/mol. The van der Waals surface area contributed by atoms with Crippen LogP contribution in [-0.2, 0) is 6.54 Å². The molecule has 0 saturated carbocycles. The number of nitrogens with zero attached hydrogens (tertiary/aromatic N) is 2. The maximum Gasteiger partial charge on any atom is 0.322 e. The van der Waals surface area contributed by atoms with Gasteiger partial charge in [0.15, 0.2) is 0 Å². The van der Waals surface area contributed by atoms with Crippen LogP contribution >= 0.6 is 11.3 Å². The van der Waals surface area contributed by atoms with Gasteiger partial charge < -0.3 is 15.3 Å². The zero-order valence-corrected chi connectivity index (χ0v) is 13.7. The van der Waals surface area contributed by atoms with Gasteiger partial charge in [0.2, 0.25) is 0 Å². The maximum atomic E-state index is 12.6. The lowest BCUT2D eigenvalue weighted by Gasteiger charge is -2.25. The molecular weight excluding hydrogens is 324 g/mol. The number of aromatic amines is 1. The first-order valence-electron chi connectivity index (χ1n) is 7.52. The van der Waals surface area contributed by atoms with Crippen LogP contribution in [0.15, 0.2) is 60.2 Å². The number of hydrogen-bond donors (Lipinski definition) is 3. The van der Waals surface area contributed by atoms with Gasteiger partial charge in [-0.1, -0.05) is 36.4 Å². The number of hydrogen-bond acceptors (Lipinski definition) is 4. The molecule has 2 amide bonds. The predicted octanol–water partition coefficient (Wildman–Crippen LogP) is 3.24. The van der Waals surface area contributed by atoms with Gasteiger partial charge in [0.1, 0.15) is 6.10 Å². The molecule has 0 fully saturated rings. The van der Waals surface area contributed by atoms with Gasteiger partial charge in [-0.05, 0) is 17.0 Å². The molecule has 0 unspecified atom stereocenters. The highest BCUT2D eigenvalue weighted by Gasteiger charge is 2.20. The van der Waals surface area contributed by atoms with Crippen molar-refractivity contribution in [3.05, 3.63) is 70.7 Å². The number of carbonyl (C=O) groups excluding carboxylic acids is 1. The van der Waals surface area contributed by atoms with Crippen molar-refractivity contribution in [1.29, 1.82) is 0 Å². The molecule has 2 aromatic heterocycles. The van der Waals surface area contributed by atoms with Crippen molar-refractivity contribution in [3.8, 4) is 0 Å². The summed E-state index contributed by atoms with van der Waals surface area (Å²) in [6, 6.07) is 13.2. The minimum Gasteiger partial charge on any atom is -0.386 e. The number of rotatable bonds is 6. The zero-order chi connectivity index (χ0) is 16.8. The molecule has 1 atom stereocenters. The predicted molar refractivity (Wildman–Crippen MR) is 93.7 cm³/mol. The lowest BCUT2D eigenvalue weighted by atomic mass is 10.2. The molecule has 0 aliphatic rings. The van der Waals surface area contributed by atoms with E-state index in [-0.39, 0.29) is 12.6 Å². The van der Waals surface area contributed by atoms with Crippen LogP contribution in [0.1, 0.15) is 16.5 Å². The topological polar surface area (TPSA) is 81.2 Å². The average molecular weight is 342 g/mol. The first-order valence-corrected chi connectivity index (χ1v) is 8.40. The molecular formula is C17H18N4O2S. The molecule has 3 rings (SSSR count). The van der Waals surface area contributed by atoms with Crippen LogP contribution in [0.4, 0.5) is 10.5 Å². The van der Waals surface area contributed by atoms with Crippen LogP contribution in [0.3, 0.4) is 0 Å². The lowest BCUT2D eigenvalue weighted by molar-refractivity contribution is 0.126. The summed E-state index contributed by atoms with van der Waals surface area (Å²) >= 11 is 1.47. The number of thiophene rings is 1. The third kappa shape index (κ3) is 4.21. The van der Waals surface area contributed by atoms with Crippen molar-refractivity contribution in [2.45, 2.75) is 12.6 Å². The third-order valence-corrected chi connectivity index (χ3v) is 4.49. The molecule has 0 bridgehead atoms. The van der Waals surface area contributed by atoms with E-state index in [1.54, 1.807) is 11.1 Å². The van der Waals surface area contributed by atoms with Crippen LogP contribution in [-0.4, -0.2) is 32.8 Å². The quantitative estimate of drug-likeness (QED) is 0.643. The van der Waals surface area contributed by atoms with Crippen molar-refractivity contribution in [2.24, 2.45) is 0 Å². The Morgan fingerprint density at radius 2 is 2.12 bits per heavy atom. The zero-order valence-electron chi connectivity index (χ0n) is 12.9. The van der Waals surface area contributed by atoms with Gasteiger partial charge in [-0.3, -0.25) is 5.10 Å². The Kier molecular flexibility index (Phi) is 5.25. The standard InChI is InChI=1S/C17H18N4O2S/c22-15(16-7-4-8-24-16)12-21(11-13-5-2-1-3-6-13)17(23)20-14-9-18-19-10-14/h1-10,15,22H,11-12H2,(H,18,19)(H,20,23)/t15-/m1/s1. The third-order valence-electron chi connectivity index (χ3n) is 3.52. The van der Waals surface area contributed by atoms with Crippen molar-refractivity contribution < 1.29 is 9.90 Å². The number of H-pyrrole nitrogens is 1. The second-order valence-electron chi connectivity index (χ2n) is 5.31. The number of urea groups is 1. The fraction of sp³-hybridized carbons (Fsp3) is 0.176. The minimum atomic E-state index is -0.719. The van der Waals surface area contributed by atoms with E-state index in [9.17, 15) is 9.90 Å². The fourth-order valence-corrected chi connectivity index (χ4v) is 3.03. The van der Waals surface area contributed by atoms with Crippen molar-refractivity contribution in [1.82, 2.24) is 15.1 Å². The summed E-state index contributed by atoms with van der Waals surface area (Å²) in [5.41, 5.74) is 1.59. The molecule has 124 valence electrons. The molecule has 0 aliphatic carbocycles.